The minimum Gasteiger partial charge on any atom is -0.493 e. The Morgan fingerprint density at radius 3 is 2.88 bits per heavy atom. The molecule has 2 heterocycles. The molecule has 0 saturated carbocycles. The van der Waals surface area contributed by atoms with E-state index in [1.54, 1.807) is 0 Å². The van der Waals surface area contributed by atoms with Crippen LogP contribution in [0.2, 0.25) is 0 Å². The number of anilines is 1. The molecule has 0 aliphatic carbocycles. The number of fused-ring (bicyclic) bond motifs is 1. The first-order chi connectivity index (χ1) is 12.7. The van der Waals surface area contributed by atoms with Gasteiger partial charge in [-0.05, 0) is 64.0 Å². The number of rotatable bonds is 6. The van der Waals surface area contributed by atoms with E-state index in [-0.39, 0.29) is 0 Å². The summed E-state index contributed by atoms with van der Waals surface area (Å²) in [6, 6.07) is 13.9. The fraction of sp³-hybridized carbons (Fsp3) is 0.167. The summed E-state index contributed by atoms with van der Waals surface area (Å²) in [5, 5.41) is 18.3. The predicted octanol–water partition coefficient (Wildman–Crippen LogP) is 4.39. The molecule has 7 nitrogen and oxygen atoms in total. The molecule has 0 saturated heterocycles. The number of nitrogens with zero attached hydrogens (tertiary/aromatic N) is 3. The van der Waals surface area contributed by atoms with Gasteiger partial charge in [-0.3, -0.25) is 0 Å². The molecule has 0 unspecified atom stereocenters. The highest BCUT2D eigenvalue weighted by atomic mass is 79.9. The first-order valence-corrected chi connectivity index (χ1v) is 8.95. The Morgan fingerprint density at radius 2 is 2.12 bits per heavy atom. The largest absolute Gasteiger partial charge is 0.493 e. The second-order valence-corrected chi connectivity index (χ2v) is 6.50. The Labute approximate surface area is 157 Å². The van der Waals surface area contributed by atoms with Crippen LogP contribution in [0.3, 0.4) is 0 Å². The van der Waals surface area contributed by atoms with Crippen molar-refractivity contribution in [2.24, 2.45) is 0 Å². The Hall–Kier alpha value is -2.87. The number of aromatic amines is 1. The number of ether oxygens (including phenoxy) is 1. The van der Waals surface area contributed by atoms with Gasteiger partial charge in [-0.25, -0.2) is 0 Å². The number of hydrogen-bond acceptors (Lipinski definition) is 6. The zero-order valence-electron chi connectivity index (χ0n) is 14.0. The van der Waals surface area contributed by atoms with E-state index in [0.29, 0.717) is 24.7 Å². The van der Waals surface area contributed by atoms with Crippen LogP contribution in [0.5, 0.6) is 5.75 Å². The van der Waals surface area contributed by atoms with E-state index in [1.165, 1.54) is 0 Å². The average Bonchev–Trinajstić information content (AvgIpc) is 3.31. The van der Waals surface area contributed by atoms with E-state index < -0.39 is 0 Å². The summed E-state index contributed by atoms with van der Waals surface area (Å²) in [5.41, 5.74) is 2.90. The molecule has 0 aliphatic rings. The SMILES string of the molecule is CCOc1ccc(NCc2ccc3cc(-c4nn[nH]n4)oc3c2)cc1Br. The minimum atomic E-state index is 0.445. The number of tetrazole rings is 1. The van der Waals surface area contributed by atoms with Crippen molar-refractivity contribution >= 4 is 32.6 Å². The molecule has 0 amide bonds. The van der Waals surface area contributed by atoms with E-state index in [1.807, 2.05) is 43.3 Å². The van der Waals surface area contributed by atoms with Crippen molar-refractivity contribution in [3.05, 3.63) is 52.5 Å². The van der Waals surface area contributed by atoms with E-state index in [2.05, 4.69) is 47.9 Å². The molecule has 2 aromatic heterocycles. The lowest BCUT2D eigenvalue weighted by atomic mass is 10.1. The van der Waals surface area contributed by atoms with E-state index in [4.69, 9.17) is 9.15 Å². The number of halogens is 1. The Bertz CT molecular complexity index is 1030. The maximum atomic E-state index is 5.83. The van der Waals surface area contributed by atoms with Crippen LogP contribution in [0, 0.1) is 0 Å². The first kappa shape index (κ1) is 16.6. The molecule has 26 heavy (non-hydrogen) atoms. The van der Waals surface area contributed by atoms with Crippen LogP contribution in [0.4, 0.5) is 5.69 Å². The van der Waals surface area contributed by atoms with Crippen molar-refractivity contribution in [3.63, 3.8) is 0 Å². The number of aromatic nitrogens is 4. The van der Waals surface area contributed by atoms with Crippen LogP contribution in [-0.2, 0) is 6.54 Å². The zero-order chi connectivity index (χ0) is 17.9. The molecule has 0 fully saturated rings. The zero-order valence-corrected chi connectivity index (χ0v) is 15.6. The molecule has 0 spiro atoms. The highest BCUT2D eigenvalue weighted by Gasteiger charge is 2.10. The molecule has 132 valence electrons. The second kappa shape index (κ2) is 7.17. The summed E-state index contributed by atoms with van der Waals surface area (Å²) in [6.45, 7) is 3.28. The second-order valence-electron chi connectivity index (χ2n) is 5.65. The van der Waals surface area contributed by atoms with Gasteiger partial charge in [0.15, 0.2) is 5.76 Å². The lowest BCUT2D eigenvalue weighted by Gasteiger charge is -2.10. The number of hydrogen-bond donors (Lipinski definition) is 2. The van der Waals surface area contributed by atoms with Crippen molar-refractivity contribution in [1.29, 1.82) is 0 Å². The highest BCUT2D eigenvalue weighted by molar-refractivity contribution is 9.10. The smallest absolute Gasteiger partial charge is 0.239 e. The van der Waals surface area contributed by atoms with Gasteiger partial charge in [0.1, 0.15) is 11.3 Å². The maximum Gasteiger partial charge on any atom is 0.239 e. The van der Waals surface area contributed by atoms with Crippen LogP contribution >= 0.6 is 15.9 Å². The van der Waals surface area contributed by atoms with Crippen molar-refractivity contribution < 1.29 is 9.15 Å². The number of furan rings is 1. The normalized spacial score (nSPS) is 11.0. The quantitative estimate of drug-likeness (QED) is 0.487. The molecule has 0 bridgehead atoms. The fourth-order valence-electron chi connectivity index (χ4n) is 2.65. The highest BCUT2D eigenvalue weighted by Crippen LogP contribution is 2.29. The van der Waals surface area contributed by atoms with Crippen molar-refractivity contribution in [2.45, 2.75) is 13.5 Å². The van der Waals surface area contributed by atoms with E-state index in [0.717, 1.165) is 32.4 Å². The van der Waals surface area contributed by atoms with Crippen LogP contribution in [0.1, 0.15) is 12.5 Å². The summed E-state index contributed by atoms with van der Waals surface area (Å²) in [4.78, 5) is 0. The molecule has 2 N–H and O–H groups in total. The van der Waals surface area contributed by atoms with Gasteiger partial charge in [0.25, 0.3) is 0 Å². The molecule has 8 heteroatoms. The summed E-state index contributed by atoms with van der Waals surface area (Å²) in [7, 11) is 0. The van der Waals surface area contributed by atoms with Gasteiger partial charge in [-0.15, -0.1) is 10.2 Å². The maximum absolute atomic E-state index is 5.83. The van der Waals surface area contributed by atoms with Gasteiger partial charge in [0, 0.05) is 17.6 Å². The van der Waals surface area contributed by atoms with Gasteiger partial charge in [-0.2, -0.15) is 5.21 Å². The number of H-pyrrole nitrogens is 1. The number of benzene rings is 2. The van der Waals surface area contributed by atoms with Gasteiger partial charge >= 0.3 is 0 Å². The summed E-state index contributed by atoms with van der Waals surface area (Å²) in [6.07, 6.45) is 0. The van der Waals surface area contributed by atoms with Crippen molar-refractivity contribution in [1.82, 2.24) is 20.6 Å². The van der Waals surface area contributed by atoms with Gasteiger partial charge in [-0.1, -0.05) is 12.1 Å². The first-order valence-electron chi connectivity index (χ1n) is 8.15. The molecular weight excluding hydrogens is 398 g/mol. The van der Waals surface area contributed by atoms with E-state index in [9.17, 15) is 0 Å². The Balaban J connectivity index is 1.50. The molecular formula is C18H16BrN5O2. The molecule has 4 aromatic rings. The lowest BCUT2D eigenvalue weighted by Crippen LogP contribution is -2.00. The molecule has 2 aromatic carbocycles. The third-order valence-corrected chi connectivity index (χ3v) is 4.50. The third-order valence-electron chi connectivity index (χ3n) is 3.88. The predicted molar refractivity (Wildman–Crippen MR) is 102 cm³/mol. The van der Waals surface area contributed by atoms with Gasteiger partial charge in [0.05, 0.1) is 11.1 Å². The van der Waals surface area contributed by atoms with Crippen LogP contribution in [-0.4, -0.2) is 27.2 Å². The summed E-state index contributed by atoms with van der Waals surface area (Å²) in [5.74, 6) is 1.87. The van der Waals surface area contributed by atoms with Gasteiger partial charge in [0.2, 0.25) is 5.82 Å². The average molecular weight is 414 g/mol. The molecule has 0 aliphatic heterocycles. The van der Waals surface area contributed by atoms with Crippen molar-refractivity contribution in [3.8, 4) is 17.3 Å². The van der Waals surface area contributed by atoms with Crippen molar-refractivity contribution in [2.75, 3.05) is 11.9 Å². The topological polar surface area (TPSA) is 88.9 Å². The van der Waals surface area contributed by atoms with Gasteiger partial charge < -0.3 is 14.5 Å². The molecule has 0 radical (unpaired) electrons. The van der Waals surface area contributed by atoms with E-state index >= 15 is 0 Å². The molecule has 4 rings (SSSR count). The summed E-state index contributed by atoms with van der Waals surface area (Å²) < 4.78 is 12.3. The third kappa shape index (κ3) is 3.41. The minimum absolute atomic E-state index is 0.445. The summed E-state index contributed by atoms with van der Waals surface area (Å²) >= 11 is 3.53. The monoisotopic (exact) mass is 413 g/mol. The number of nitrogens with one attached hydrogen (secondary N) is 2. The lowest BCUT2D eigenvalue weighted by molar-refractivity contribution is 0.338. The van der Waals surface area contributed by atoms with Crippen LogP contribution in [0.25, 0.3) is 22.6 Å². The molecule has 0 atom stereocenters. The Kier molecular flexibility index (Phi) is 4.57. The fourth-order valence-corrected chi connectivity index (χ4v) is 3.14. The standard InChI is InChI=1S/C18H16BrN5O2/c1-2-25-15-6-5-13(9-14(15)19)20-10-11-3-4-12-8-17(26-16(12)7-11)18-21-23-24-22-18/h3-9,20H,2,10H2,1H3,(H,21,22,23,24). The van der Waals surface area contributed by atoms with Crippen LogP contribution in [0.15, 0.2) is 51.4 Å². The van der Waals surface area contributed by atoms with Crippen LogP contribution < -0.4 is 10.1 Å². The Morgan fingerprint density at radius 1 is 1.19 bits per heavy atom.